The minimum absolute atomic E-state index is 0.0115. The van der Waals surface area contributed by atoms with E-state index in [2.05, 4.69) is 4.98 Å². The Kier molecular flexibility index (Phi) is 3.38. The van der Waals surface area contributed by atoms with Crippen molar-refractivity contribution >= 4 is 0 Å². The molecule has 2 aromatic rings. The number of rotatable bonds is 2. The lowest BCUT2D eigenvalue weighted by Gasteiger charge is -2.09. The van der Waals surface area contributed by atoms with Crippen LogP contribution in [0.3, 0.4) is 0 Å². The molecule has 0 spiro atoms. The van der Waals surface area contributed by atoms with Crippen molar-refractivity contribution < 1.29 is 17.9 Å². The van der Waals surface area contributed by atoms with Gasteiger partial charge in [0.15, 0.2) is 0 Å². The first-order chi connectivity index (χ1) is 8.99. The van der Waals surface area contributed by atoms with Crippen molar-refractivity contribution in [3.05, 3.63) is 53.7 Å². The third-order valence-corrected chi connectivity index (χ3v) is 2.22. The van der Waals surface area contributed by atoms with E-state index in [0.717, 1.165) is 12.1 Å². The Morgan fingerprint density at radius 2 is 1.84 bits per heavy atom. The van der Waals surface area contributed by atoms with Gasteiger partial charge in [-0.15, -0.1) is 0 Å². The van der Waals surface area contributed by atoms with Crippen molar-refractivity contribution in [3.63, 3.8) is 0 Å². The third-order valence-electron chi connectivity index (χ3n) is 2.22. The van der Waals surface area contributed by atoms with Crippen molar-refractivity contribution in [2.45, 2.75) is 6.18 Å². The smallest absolute Gasteiger partial charge is 0.416 e. The topological polar surface area (TPSA) is 45.9 Å². The van der Waals surface area contributed by atoms with Gasteiger partial charge >= 0.3 is 6.18 Å². The first kappa shape index (κ1) is 12.9. The molecular formula is C13H7F3N2O. The Labute approximate surface area is 106 Å². The molecule has 0 saturated carbocycles. The van der Waals surface area contributed by atoms with Gasteiger partial charge in [-0.25, -0.2) is 4.98 Å². The van der Waals surface area contributed by atoms with Crippen molar-refractivity contribution in [1.82, 2.24) is 4.98 Å². The van der Waals surface area contributed by atoms with Crippen LogP contribution in [0.1, 0.15) is 11.3 Å². The van der Waals surface area contributed by atoms with Crippen LogP contribution in [0, 0.1) is 11.3 Å². The molecule has 0 aliphatic rings. The number of halogens is 3. The summed E-state index contributed by atoms with van der Waals surface area (Å²) in [6.45, 7) is 0. The zero-order chi connectivity index (χ0) is 13.9. The molecule has 0 fully saturated rings. The highest BCUT2D eigenvalue weighted by Gasteiger charge is 2.30. The van der Waals surface area contributed by atoms with E-state index in [1.54, 1.807) is 0 Å². The molecule has 3 nitrogen and oxygen atoms in total. The maximum absolute atomic E-state index is 12.5. The predicted molar refractivity (Wildman–Crippen MR) is 60.5 cm³/mol. The lowest BCUT2D eigenvalue weighted by molar-refractivity contribution is -0.137. The number of pyridine rings is 1. The maximum atomic E-state index is 12.5. The van der Waals surface area contributed by atoms with E-state index >= 15 is 0 Å². The number of alkyl halides is 3. The van der Waals surface area contributed by atoms with E-state index < -0.39 is 11.7 Å². The fourth-order valence-electron chi connectivity index (χ4n) is 1.39. The molecule has 1 aromatic heterocycles. The first-order valence-corrected chi connectivity index (χ1v) is 5.21. The molecule has 0 aliphatic heterocycles. The van der Waals surface area contributed by atoms with Gasteiger partial charge in [-0.3, -0.25) is 0 Å². The highest BCUT2D eigenvalue weighted by molar-refractivity contribution is 5.34. The van der Waals surface area contributed by atoms with Crippen LogP contribution in [-0.2, 0) is 6.18 Å². The molecule has 19 heavy (non-hydrogen) atoms. The van der Waals surface area contributed by atoms with Crippen LogP contribution in [-0.4, -0.2) is 4.98 Å². The Balaban J connectivity index is 2.26. The van der Waals surface area contributed by atoms with E-state index in [4.69, 9.17) is 10.00 Å². The van der Waals surface area contributed by atoms with Crippen LogP contribution in [0.25, 0.3) is 0 Å². The fraction of sp³-hybridized carbons (Fsp3) is 0.0769. The number of benzene rings is 1. The van der Waals surface area contributed by atoms with Crippen molar-refractivity contribution in [1.29, 1.82) is 5.26 Å². The van der Waals surface area contributed by atoms with Gasteiger partial charge in [0.25, 0.3) is 0 Å². The van der Waals surface area contributed by atoms with Crippen molar-refractivity contribution in [2.24, 2.45) is 0 Å². The molecular weight excluding hydrogens is 257 g/mol. The number of hydrogen-bond acceptors (Lipinski definition) is 3. The average Bonchev–Trinajstić information content (AvgIpc) is 2.38. The Bertz CT molecular complexity index is 632. The van der Waals surface area contributed by atoms with Gasteiger partial charge in [0.05, 0.1) is 5.56 Å². The highest BCUT2D eigenvalue weighted by atomic mass is 19.4. The van der Waals surface area contributed by atoms with Gasteiger partial charge in [0.2, 0.25) is 5.88 Å². The molecule has 0 saturated heterocycles. The van der Waals surface area contributed by atoms with E-state index in [1.807, 2.05) is 6.07 Å². The van der Waals surface area contributed by atoms with Crippen LogP contribution in [0.5, 0.6) is 11.6 Å². The quantitative estimate of drug-likeness (QED) is 0.829. The molecule has 6 heteroatoms. The molecule has 0 atom stereocenters. The largest absolute Gasteiger partial charge is 0.439 e. The number of aromatic nitrogens is 1. The molecule has 0 radical (unpaired) electrons. The van der Waals surface area contributed by atoms with Crippen LogP contribution in [0.15, 0.2) is 42.5 Å². The van der Waals surface area contributed by atoms with Crippen LogP contribution >= 0.6 is 0 Å². The molecule has 0 unspecified atom stereocenters. The minimum Gasteiger partial charge on any atom is -0.439 e. The molecule has 96 valence electrons. The molecule has 0 N–H and O–H groups in total. The van der Waals surface area contributed by atoms with E-state index in [-0.39, 0.29) is 17.3 Å². The fourth-order valence-corrected chi connectivity index (χ4v) is 1.39. The molecule has 0 aliphatic carbocycles. The number of nitriles is 1. The van der Waals surface area contributed by atoms with E-state index in [0.29, 0.717) is 0 Å². The van der Waals surface area contributed by atoms with Gasteiger partial charge in [0, 0.05) is 6.07 Å². The van der Waals surface area contributed by atoms with Crippen LogP contribution < -0.4 is 4.74 Å². The van der Waals surface area contributed by atoms with Gasteiger partial charge in [0.1, 0.15) is 17.5 Å². The summed E-state index contributed by atoms with van der Waals surface area (Å²) in [5, 5.41) is 8.66. The van der Waals surface area contributed by atoms with Crippen LogP contribution in [0.2, 0.25) is 0 Å². The summed E-state index contributed by atoms with van der Waals surface area (Å²) in [5.41, 5.74) is -0.675. The molecule has 1 heterocycles. The Morgan fingerprint density at radius 1 is 1.11 bits per heavy atom. The maximum Gasteiger partial charge on any atom is 0.416 e. The predicted octanol–water partition coefficient (Wildman–Crippen LogP) is 3.76. The van der Waals surface area contributed by atoms with Gasteiger partial charge < -0.3 is 4.74 Å². The second kappa shape index (κ2) is 4.98. The highest BCUT2D eigenvalue weighted by Crippen LogP contribution is 2.32. The summed E-state index contributed by atoms with van der Waals surface area (Å²) in [4.78, 5) is 3.81. The normalized spacial score (nSPS) is 10.8. The zero-order valence-electron chi connectivity index (χ0n) is 9.48. The SMILES string of the molecule is N#Cc1cccc(Oc2cccc(C(F)(F)F)c2)n1. The monoisotopic (exact) mass is 264 g/mol. The van der Waals surface area contributed by atoms with Gasteiger partial charge in [-0.1, -0.05) is 12.1 Å². The molecule has 0 bridgehead atoms. The number of hydrogen-bond donors (Lipinski definition) is 0. The van der Waals surface area contributed by atoms with Gasteiger partial charge in [-0.05, 0) is 24.3 Å². The third kappa shape index (κ3) is 3.22. The summed E-state index contributed by atoms with van der Waals surface area (Å²) >= 11 is 0. The number of nitrogens with zero attached hydrogens (tertiary/aromatic N) is 2. The van der Waals surface area contributed by atoms with E-state index in [1.165, 1.54) is 30.3 Å². The van der Waals surface area contributed by atoms with Gasteiger partial charge in [-0.2, -0.15) is 18.4 Å². The summed E-state index contributed by atoms with van der Waals surface area (Å²) < 4.78 is 42.7. The first-order valence-electron chi connectivity index (χ1n) is 5.21. The van der Waals surface area contributed by atoms with E-state index in [9.17, 15) is 13.2 Å². The summed E-state index contributed by atoms with van der Waals surface area (Å²) in [7, 11) is 0. The molecule has 2 rings (SSSR count). The Hall–Kier alpha value is -2.55. The summed E-state index contributed by atoms with van der Waals surface area (Å²) in [6.07, 6.45) is -4.43. The Morgan fingerprint density at radius 3 is 2.53 bits per heavy atom. The van der Waals surface area contributed by atoms with Crippen molar-refractivity contribution in [2.75, 3.05) is 0 Å². The second-order valence-corrected chi connectivity index (χ2v) is 3.60. The minimum atomic E-state index is -4.43. The summed E-state index contributed by atoms with van der Waals surface area (Å²) in [5.74, 6) is 0.0794. The lowest BCUT2D eigenvalue weighted by atomic mass is 10.2. The van der Waals surface area contributed by atoms with Crippen molar-refractivity contribution in [3.8, 4) is 17.7 Å². The van der Waals surface area contributed by atoms with Crippen LogP contribution in [0.4, 0.5) is 13.2 Å². The lowest BCUT2D eigenvalue weighted by Crippen LogP contribution is -2.04. The second-order valence-electron chi connectivity index (χ2n) is 3.60. The standard InChI is InChI=1S/C13H7F3N2O/c14-13(15,16)9-3-1-5-11(7-9)19-12-6-2-4-10(8-17)18-12/h1-7H. The molecule has 0 amide bonds. The average molecular weight is 264 g/mol. The zero-order valence-corrected chi connectivity index (χ0v) is 9.48. The summed E-state index contributed by atoms with van der Waals surface area (Å²) in [6, 6.07) is 10.7. The molecule has 1 aromatic carbocycles. The number of ether oxygens (including phenoxy) is 1.